The third-order valence-corrected chi connectivity index (χ3v) is 5.15. The maximum atomic E-state index is 12.5. The number of rotatable bonds is 5. The van der Waals surface area contributed by atoms with Crippen LogP contribution >= 0.6 is 23.8 Å². The van der Waals surface area contributed by atoms with E-state index >= 15 is 0 Å². The van der Waals surface area contributed by atoms with Gasteiger partial charge in [-0.2, -0.15) is 0 Å². The molecule has 11 heteroatoms. The normalized spacial score (nSPS) is 10.6. The molecule has 0 atom stereocenters. The molecule has 0 aliphatic carbocycles. The van der Waals surface area contributed by atoms with Gasteiger partial charge in [-0.05, 0) is 54.7 Å². The summed E-state index contributed by atoms with van der Waals surface area (Å²) in [5.41, 5.74) is 2.08. The summed E-state index contributed by atoms with van der Waals surface area (Å²) in [5, 5.41) is 17.1. The molecule has 0 saturated carbocycles. The minimum atomic E-state index is -0.629. The van der Waals surface area contributed by atoms with Gasteiger partial charge < -0.3 is 14.5 Å². The van der Waals surface area contributed by atoms with Gasteiger partial charge in [-0.15, -0.1) is 0 Å². The predicted octanol–water partition coefficient (Wildman–Crippen LogP) is 5.19. The number of benzene rings is 3. The third kappa shape index (κ3) is 4.76. The summed E-state index contributed by atoms with van der Waals surface area (Å²) >= 11 is 11.4. The molecule has 33 heavy (non-hydrogen) atoms. The van der Waals surface area contributed by atoms with Gasteiger partial charge in [-0.3, -0.25) is 20.2 Å². The molecule has 1 aromatic heterocycles. The second kappa shape index (κ2) is 9.23. The first-order chi connectivity index (χ1) is 15.9. The smallest absolute Gasteiger partial charge is 0.311 e. The molecule has 0 unspecified atom stereocenters. The number of carbonyl (C=O) groups is 1. The van der Waals surface area contributed by atoms with Crippen LogP contribution in [0, 0.1) is 10.1 Å². The van der Waals surface area contributed by atoms with Gasteiger partial charge in [0.2, 0.25) is 5.89 Å². The molecule has 2 N–H and O–H groups in total. The first kappa shape index (κ1) is 22.2. The number of oxazole rings is 1. The Kier molecular flexibility index (Phi) is 6.20. The Labute approximate surface area is 197 Å². The van der Waals surface area contributed by atoms with Crippen LogP contribution in [0.2, 0.25) is 5.02 Å². The van der Waals surface area contributed by atoms with E-state index in [1.54, 1.807) is 30.3 Å². The molecule has 0 spiro atoms. The molecule has 1 amide bonds. The molecule has 4 rings (SSSR count). The van der Waals surface area contributed by atoms with Crippen molar-refractivity contribution in [1.29, 1.82) is 0 Å². The van der Waals surface area contributed by atoms with Gasteiger partial charge in [-0.25, -0.2) is 4.98 Å². The third-order valence-electron chi connectivity index (χ3n) is 4.61. The lowest BCUT2D eigenvalue weighted by Gasteiger charge is -2.10. The van der Waals surface area contributed by atoms with Gasteiger partial charge in [0.25, 0.3) is 5.91 Å². The van der Waals surface area contributed by atoms with Crippen molar-refractivity contribution in [3.05, 3.63) is 81.4 Å². The number of nitro benzene ring substituents is 1. The molecule has 0 radical (unpaired) electrons. The molecule has 0 aliphatic rings. The highest BCUT2D eigenvalue weighted by atomic mass is 35.5. The van der Waals surface area contributed by atoms with E-state index in [4.69, 9.17) is 33.0 Å². The number of hydrogen-bond donors (Lipinski definition) is 2. The number of nitrogens with one attached hydrogen (secondary N) is 2. The van der Waals surface area contributed by atoms with Gasteiger partial charge in [0.15, 0.2) is 16.4 Å². The zero-order chi connectivity index (χ0) is 23.5. The molecule has 1 heterocycles. The number of nitrogens with zero attached hydrogens (tertiary/aromatic N) is 2. The Hall–Kier alpha value is -4.02. The number of methoxy groups -OCH3 is 1. The summed E-state index contributed by atoms with van der Waals surface area (Å²) in [6, 6.07) is 16.2. The van der Waals surface area contributed by atoms with Gasteiger partial charge in [-0.1, -0.05) is 23.7 Å². The second-order valence-corrected chi connectivity index (χ2v) is 7.55. The minimum absolute atomic E-state index is 0.00708. The van der Waals surface area contributed by atoms with E-state index in [1.165, 1.54) is 19.2 Å². The van der Waals surface area contributed by atoms with Crippen molar-refractivity contribution < 1.29 is 18.9 Å². The van der Waals surface area contributed by atoms with E-state index < -0.39 is 10.8 Å². The van der Waals surface area contributed by atoms with Crippen LogP contribution in [0.4, 0.5) is 11.4 Å². The molecule has 0 saturated heterocycles. The second-order valence-electron chi connectivity index (χ2n) is 6.73. The molecular formula is C22H15ClN4O5S. The van der Waals surface area contributed by atoms with Gasteiger partial charge in [0.1, 0.15) is 5.52 Å². The van der Waals surface area contributed by atoms with E-state index in [0.29, 0.717) is 33.3 Å². The summed E-state index contributed by atoms with van der Waals surface area (Å²) in [6.07, 6.45) is 0. The molecule has 9 nitrogen and oxygen atoms in total. The standard InChI is InChI=1S/C22H15ClN4O5S/c1-31-19-8-6-12(10-17(19)27(29)30)20(28)26-22(33)24-13-7-9-18-16(11-13)25-21(32-18)14-4-2-3-5-15(14)23/h2-11H,1H3,(H2,24,26,28,33). The van der Waals surface area contributed by atoms with Crippen molar-refractivity contribution in [2.75, 3.05) is 12.4 Å². The zero-order valence-electron chi connectivity index (χ0n) is 17.0. The Morgan fingerprint density at radius 3 is 2.70 bits per heavy atom. The molecule has 0 aliphatic heterocycles. The van der Waals surface area contributed by atoms with Gasteiger partial charge in [0.05, 0.1) is 22.6 Å². The molecule has 4 aromatic rings. The average molecular weight is 483 g/mol. The van der Waals surface area contributed by atoms with E-state index in [-0.39, 0.29) is 22.1 Å². The fourth-order valence-electron chi connectivity index (χ4n) is 3.07. The van der Waals surface area contributed by atoms with Crippen molar-refractivity contribution in [3.63, 3.8) is 0 Å². The molecule has 0 fully saturated rings. The highest BCUT2D eigenvalue weighted by molar-refractivity contribution is 7.80. The summed E-state index contributed by atoms with van der Waals surface area (Å²) in [6.45, 7) is 0. The Balaban J connectivity index is 1.49. The van der Waals surface area contributed by atoms with E-state index in [9.17, 15) is 14.9 Å². The first-order valence-electron chi connectivity index (χ1n) is 9.46. The number of fused-ring (bicyclic) bond motifs is 1. The number of ether oxygens (including phenoxy) is 1. The number of anilines is 1. The topological polar surface area (TPSA) is 120 Å². The fourth-order valence-corrected chi connectivity index (χ4v) is 3.49. The number of amides is 1. The van der Waals surface area contributed by atoms with Crippen LogP contribution in [0.3, 0.4) is 0 Å². The average Bonchev–Trinajstić information content (AvgIpc) is 3.21. The van der Waals surface area contributed by atoms with Crippen LogP contribution in [-0.4, -0.2) is 28.0 Å². The SMILES string of the molecule is COc1ccc(C(=O)NC(=S)Nc2ccc3oc(-c4ccccc4Cl)nc3c2)cc1[N+](=O)[O-]. The van der Waals surface area contributed by atoms with Crippen LogP contribution in [-0.2, 0) is 0 Å². The van der Waals surface area contributed by atoms with Crippen LogP contribution in [0.1, 0.15) is 10.4 Å². The lowest BCUT2D eigenvalue weighted by atomic mass is 10.1. The Morgan fingerprint density at radius 2 is 1.97 bits per heavy atom. The summed E-state index contributed by atoms with van der Waals surface area (Å²) < 4.78 is 10.7. The quantitative estimate of drug-likeness (QED) is 0.226. The summed E-state index contributed by atoms with van der Waals surface area (Å²) in [7, 11) is 1.31. The van der Waals surface area contributed by atoms with Gasteiger partial charge in [0, 0.05) is 17.3 Å². The number of nitro groups is 1. The van der Waals surface area contributed by atoms with E-state index in [1.807, 2.05) is 12.1 Å². The molecule has 166 valence electrons. The van der Waals surface area contributed by atoms with Crippen molar-refractivity contribution in [1.82, 2.24) is 10.3 Å². The zero-order valence-corrected chi connectivity index (χ0v) is 18.6. The first-order valence-corrected chi connectivity index (χ1v) is 10.2. The van der Waals surface area contributed by atoms with E-state index in [0.717, 1.165) is 6.07 Å². The monoisotopic (exact) mass is 482 g/mol. The van der Waals surface area contributed by atoms with Crippen molar-refractivity contribution in [3.8, 4) is 17.2 Å². The maximum Gasteiger partial charge on any atom is 0.311 e. The highest BCUT2D eigenvalue weighted by Gasteiger charge is 2.19. The lowest BCUT2D eigenvalue weighted by Crippen LogP contribution is -2.34. The van der Waals surface area contributed by atoms with Crippen molar-refractivity contribution >= 4 is 57.3 Å². The van der Waals surface area contributed by atoms with Gasteiger partial charge >= 0.3 is 5.69 Å². The molecule has 3 aromatic carbocycles. The summed E-state index contributed by atoms with van der Waals surface area (Å²) in [5.74, 6) is -0.180. The predicted molar refractivity (Wildman–Crippen MR) is 128 cm³/mol. The number of hydrogen-bond acceptors (Lipinski definition) is 7. The number of thiocarbonyl (C=S) groups is 1. The number of halogens is 1. The Morgan fingerprint density at radius 1 is 1.18 bits per heavy atom. The van der Waals surface area contributed by atoms with Crippen LogP contribution < -0.4 is 15.4 Å². The number of carbonyl (C=O) groups excluding carboxylic acids is 1. The highest BCUT2D eigenvalue weighted by Crippen LogP contribution is 2.31. The fraction of sp³-hybridized carbons (Fsp3) is 0.0455. The van der Waals surface area contributed by atoms with Crippen LogP contribution in [0.5, 0.6) is 5.75 Å². The maximum absolute atomic E-state index is 12.5. The van der Waals surface area contributed by atoms with Crippen LogP contribution in [0.15, 0.2) is 65.1 Å². The van der Waals surface area contributed by atoms with E-state index in [2.05, 4.69) is 15.6 Å². The van der Waals surface area contributed by atoms with Crippen LogP contribution in [0.25, 0.3) is 22.6 Å². The largest absolute Gasteiger partial charge is 0.490 e. The lowest BCUT2D eigenvalue weighted by molar-refractivity contribution is -0.385. The Bertz CT molecular complexity index is 1400. The summed E-state index contributed by atoms with van der Waals surface area (Å²) in [4.78, 5) is 27.5. The molecular weight excluding hydrogens is 468 g/mol. The molecule has 0 bridgehead atoms. The van der Waals surface area contributed by atoms with Crippen molar-refractivity contribution in [2.24, 2.45) is 0 Å². The van der Waals surface area contributed by atoms with Crippen molar-refractivity contribution in [2.45, 2.75) is 0 Å². The minimum Gasteiger partial charge on any atom is -0.490 e. The number of aromatic nitrogens is 1.